The van der Waals surface area contributed by atoms with E-state index in [0.717, 1.165) is 0 Å². The van der Waals surface area contributed by atoms with E-state index in [1.165, 1.54) is 0 Å². The van der Waals surface area contributed by atoms with Crippen LogP contribution in [-0.2, 0) is 0 Å². The second-order valence-electron chi connectivity index (χ2n) is 2.12. The largest absolute Gasteiger partial charge is 0.421 e. The Morgan fingerprint density at radius 1 is 1.67 bits per heavy atom. The molecule has 4 heteroatoms. The number of aromatic nitrogens is 1. The molecule has 1 aromatic heterocycles. The standard InChI is InChI=1S/C8H10N2O2/c1-2-7(10-11)12-8-5-3-4-6-9-8/h3-6,11H,2H2,1H3. The van der Waals surface area contributed by atoms with Gasteiger partial charge in [-0.15, -0.1) is 0 Å². The van der Waals surface area contributed by atoms with Crippen LogP contribution in [0.4, 0.5) is 0 Å². The van der Waals surface area contributed by atoms with Gasteiger partial charge >= 0.3 is 0 Å². The molecule has 1 N–H and O–H groups in total. The first-order valence-corrected chi connectivity index (χ1v) is 3.66. The molecule has 0 aromatic carbocycles. The number of oxime groups is 1. The molecular weight excluding hydrogens is 156 g/mol. The molecule has 0 aliphatic rings. The van der Waals surface area contributed by atoms with Crippen LogP contribution in [0.3, 0.4) is 0 Å². The van der Waals surface area contributed by atoms with Gasteiger partial charge in [0.05, 0.1) is 0 Å². The predicted octanol–water partition coefficient (Wildman–Crippen LogP) is 1.66. The summed E-state index contributed by atoms with van der Waals surface area (Å²) in [5, 5.41) is 11.4. The monoisotopic (exact) mass is 166 g/mol. The molecule has 0 saturated heterocycles. The Balaban J connectivity index is 2.64. The van der Waals surface area contributed by atoms with Crippen molar-refractivity contribution in [1.82, 2.24) is 4.98 Å². The van der Waals surface area contributed by atoms with Crippen LogP contribution in [0.2, 0.25) is 0 Å². The predicted molar refractivity (Wildman–Crippen MR) is 44.4 cm³/mol. The average Bonchev–Trinajstić information content (AvgIpc) is 2.16. The molecule has 0 saturated carbocycles. The molecule has 0 atom stereocenters. The van der Waals surface area contributed by atoms with Crippen molar-refractivity contribution in [2.45, 2.75) is 13.3 Å². The van der Waals surface area contributed by atoms with Gasteiger partial charge in [0.1, 0.15) is 0 Å². The molecule has 64 valence electrons. The zero-order valence-corrected chi connectivity index (χ0v) is 6.77. The van der Waals surface area contributed by atoms with Gasteiger partial charge in [-0.2, -0.15) is 0 Å². The van der Waals surface area contributed by atoms with Crippen molar-refractivity contribution in [2.75, 3.05) is 0 Å². The Bertz CT molecular complexity index is 259. The van der Waals surface area contributed by atoms with Gasteiger partial charge in [0.2, 0.25) is 11.8 Å². The number of pyridine rings is 1. The van der Waals surface area contributed by atoms with Gasteiger partial charge in [0.25, 0.3) is 0 Å². The number of hydrogen-bond acceptors (Lipinski definition) is 4. The molecule has 4 nitrogen and oxygen atoms in total. The fraction of sp³-hybridized carbons (Fsp3) is 0.250. The fourth-order valence-corrected chi connectivity index (χ4v) is 0.691. The SMILES string of the molecule is CCC(=NO)Oc1ccccn1. The summed E-state index contributed by atoms with van der Waals surface area (Å²) in [4.78, 5) is 3.90. The van der Waals surface area contributed by atoms with Crippen LogP contribution < -0.4 is 4.74 Å². The van der Waals surface area contributed by atoms with Crippen LogP contribution >= 0.6 is 0 Å². The number of rotatable bonds is 2. The van der Waals surface area contributed by atoms with Crippen molar-refractivity contribution in [3.8, 4) is 5.88 Å². The normalized spacial score (nSPS) is 11.2. The Hall–Kier alpha value is -1.58. The lowest BCUT2D eigenvalue weighted by atomic mass is 10.5. The lowest BCUT2D eigenvalue weighted by molar-refractivity contribution is 0.300. The highest BCUT2D eigenvalue weighted by Crippen LogP contribution is 2.04. The maximum Gasteiger partial charge on any atom is 0.232 e. The summed E-state index contributed by atoms with van der Waals surface area (Å²) in [6.07, 6.45) is 2.15. The molecule has 0 spiro atoms. The molecular formula is C8H10N2O2. The highest BCUT2D eigenvalue weighted by atomic mass is 16.5. The van der Waals surface area contributed by atoms with Crippen LogP contribution in [0.15, 0.2) is 29.6 Å². The maximum atomic E-state index is 8.42. The third kappa shape index (κ3) is 2.23. The van der Waals surface area contributed by atoms with Gasteiger partial charge < -0.3 is 9.94 Å². The highest BCUT2D eigenvalue weighted by Gasteiger charge is 1.99. The zero-order chi connectivity index (χ0) is 8.81. The maximum absolute atomic E-state index is 8.42. The van der Waals surface area contributed by atoms with Crippen molar-refractivity contribution >= 4 is 5.90 Å². The molecule has 0 radical (unpaired) electrons. The minimum Gasteiger partial charge on any atom is -0.421 e. The van der Waals surface area contributed by atoms with E-state index in [4.69, 9.17) is 9.94 Å². The smallest absolute Gasteiger partial charge is 0.232 e. The van der Waals surface area contributed by atoms with Crippen LogP contribution in [0.1, 0.15) is 13.3 Å². The first-order chi connectivity index (χ1) is 5.86. The summed E-state index contributed by atoms with van der Waals surface area (Å²) >= 11 is 0. The summed E-state index contributed by atoms with van der Waals surface area (Å²) in [6.45, 7) is 1.83. The Kier molecular flexibility index (Phi) is 3.07. The summed E-state index contributed by atoms with van der Waals surface area (Å²) in [5.41, 5.74) is 0. The quantitative estimate of drug-likeness (QED) is 0.314. The molecule has 0 unspecified atom stereocenters. The average molecular weight is 166 g/mol. The van der Waals surface area contributed by atoms with Gasteiger partial charge in [-0.3, -0.25) is 0 Å². The number of ether oxygens (including phenoxy) is 1. The van der Waals surface area contributed by atoms with Crippen LogP contribution in [0, 0.1) is 0 Å². The third-order valence-electron chi connectivity index (χ3n) is 1.27. The molecule has 0 bridgehead atoms. The van der Waals surface area contributed by atoms with Gasteiger partial charge in [0.15, 0.2) is 0 Å². The summed E-state index contributed by atoms with van der Waals surface area (Å²) < 4.78 is 5.10. The van der Waals surface area contributed by atoms with E-state index in [-0.39, 0.29) is 5.90 Å². The van der Waals surface area contributed by atoms with Crippen molar-refractivity contribution in [3.05, 3.63) is 24.4 Å². The number of nitrogens with zero attached hydrogens (tertiary/aromatic N) is 2. The zero-order valence-electron chi connectivity index (χ0n) is 6.77. The highest BCUT2D eigenvalue weighted by molar-refractivity contribution is 5.77. The van der Waals surface area contributed by atoms with Crippen molar-refractivity contribution in [3.63, 3.8) is 0 Å². The Morgan fingerprint density at radius 2 is 2.50 bits per heavy atom. The topological polar surface area (TPSA) is 54.7 Å². The molecule has 0 aliphatic heterocycles. The van der Waals surface area contributed by atoms with Gasteiger partial charge in [0, 0.05) is 18.7 Å². The first-order valence-electron chi connectivity index (χ1n) is 3.66. The van der Waals surface area contributed by atoms with E-state index in [2.05, 4.69) is 10.1 Å². The van der Waals surface area contributed by atoms with Crippen molar-refractivity contribution in [1.29, 1.82) is 0 Å². The van der Waals surface area contributed by atoms with Gasteiger partial charge in [-0.25, -0.2) is 4.98 Å². The number of hydrogen-bond donors (Lipinski definition) is 1. The van der Waals surface area contributed by atoms with E-state index in [1.807, 2.05) is 6.92 Å². The second kappa shape index (κ2) is 4.33. The van der Waals surface area contributed by atoms with Crippen LogP contribution in [0.5, 0.6) is 5.88 Å². The first kappa shape index (κ1) is 8.52. The molecule has 1 heterocycles. The van der Waals surface area contributed by atoms with Crippen LogP contribution in [0.25, 0.3) is 0 Å². The van der Waals surface area contributed by atoms with Crippen molar-refractivity contribution in [2.24, 2.45) is 5.16 Å². The molecule has 0 fully saturated rings. The summed E-state index contributed by atoms with van der Waals surface area (Å²) in [6, 6.07) is 5.28. The fourth-order valence-electron chi connectivity index (χ4n) is 0.691. The lowest BCUT2D eigenvalue weighted by Crippen LogP contribution is -2.07. The minimum absolute atomic E-state index is 0.258. The summed E-state index contributed by atoms with van der Waals surface area (Å²) in [7, 11) is 0. The van der Waals surface area contributed by atoms with Crippen molar-refractivity contribution < 1.29 is 9.94 Å². The summed E-state index contributed by atoms with van der Waals surface area (Å²) in [5.74, 6) is 0.695. The lowest BCUT2D eigenvalue weighted by Gasteiger charge is -2.02. The third-order valence-corrected chi connectivity index (χ3v) is 1.27. The Morgan fingerprint density at radius 3 is 3.00 bits per heavy atom. The van der Waals surface area contributed by atoms with E-state index >= 15 is 0 Å². The van der Waals surface area contributed by atoms with E-state index in [0.29, 0.717) is 12.3 Å². The van der Waals surface area contributed by atoms with Gasteiger partial charge in [-0.1, -0.05) is 18.1 Å². The molecule has 12 heavy (non-hydrogen) atoms. The van der Waals surface area contributed by atoms with E-state index in [9.17, 15) is 0 Å². The minimum atomic E-state index is 0.258. The molecule has 1 rings (SSSR count). The second-order valence-corrected chi connectivity index (χ2v) is 2.12. The Labute approximate surface area is 70.5 Å². The van der Waals surface area contributed by atoms with E-state index in [1.54, 1.807) is 24.4 Å². The van der Waals surface area contributed by atoms with Gasteiger partial charge in [-0.05, 0) is 6.07 Å². The van der Waals surface area contributed by atoms with E-state index < -0.39 is 0 Å². The van der Waals surface area contributed by atoms with Crippen LogP contribution in [-0.4, -0.2) is 16.1 Å². The molecule has 1 aromatic rings. The molecule has 0 amide bonds. The molecule has 0 aliphatic carbocycles.